The van der Waals surface area contributed by atoms with Gasteiger partial charge in [-0.2, -0.15) is 0 Å². The van der Waals surface area contributed by atoms with Crippen molar-refractivity contribution in [2.24, 2.45) is 0 Å². The van der Waals surface area contributed by atoms with Crippen molar-refractivity contribution in [3.05, 3.63) is 146 Å². The first-order valence-electron chi connectivity index (χ1n) is 13.0. The lowest BCUT2D eigenvalue weighted by molar-refractivity contribution is 0.468. The molecule has 0 bridgehead atoms. The van der Waals surface area contributed by atoms with Crippen molar-refractivity contribution in [2.45, 2.75) is 25.7 Å². The molecule has 0 unspecified atom stereocenters. The van der Waals surface area contributed by atoms with Gasteiger partial charge in [-0.15, -0.1) is 26.3 Å². The van der Waals surface area contributed by atoms with Crippen molar-refractivity contribution in [3.8, 4) is 45.3 Å². The van der Waals surface area contributed by atoms with E-state index in [1.165, 1.54) is 0 Å². The summed E-state index contributed by atoms with van der Waals surface area (Å²) in [7, 11) is 0. The van der Waals surface area contributed by atoms with Crippen LogP contribution in [0.3, 0.4) is 0 Å². The molecule has 0 aromatic heterocycles. The maximum Gasteiger partial charge on any atom is 0.126 e. The fourth-order valence-electron chi connectivity index (χ4n) is 4.38. The minimum absolute atomic E-state index is 0.246. The molecular formula is C36H36O4. The lowest BCUT2D eigenvalue weighted by Crippen LogP contribution is -1.89. The molecule has 4 N–H and O–H groups in total. The van der Waals surface area contributed by atoms with E-state index in [0.717, 1.165) is 44.5 Å². The van der Waals surface area contributed by atoms with Gasteiger partial charge < -0.3 is 20.4 Å². The van der Waals surface area contributed by atoms with Crippen molar-refractivity contribution in [1.82, 2.24) is 0 Å². The Balaban J connectivity index is 0.000000220. The molecule has 4 heteroatoms. The van der Waals surface area contributed by atoms with E-state index < -0.39 is 0 Å². The Morgan fingerprint density at radius 2 is 0.825 bits per heavy atom. The largest absolute Gasteiger partial charge is 0.508 e. The molecule has 40 heavy (non-hydrogen) atoms. The summed E-state index contributed by atoms with van der Waals surface area (Å²) in [5, 5.41) is 39.7. The van der Waals surface area contributed by atoms with E-state index in [4.69, 9.17) is 0 Å². The summed E-state index contributed by atoms with van der Waals surface area (Å²) in [5.74, 6) is 1.07. The molecule has 0 spiro atoms. The molecule has 4 aromatic rings. The average Bonchev–Trinajstić information content (AvgIpc) is 2.94. The Hall–Kier alpha value is -4.96. The third-order valence-corrected chi connectivity index (χ3v) is 6.46. The predicted molar refractivity (Wildman–Crippen MR) is 166 cm³/mol. The maximum absolute atomic E-state index is 10.3. The molecule has 4 nitrogen and oxygen atoms in total. The van der Waals surface area contributed by atoms with Gasteiger partial charge in [-0.05, 0) is 101 Å². The van der Waals surface area contributed by atoms with Gasteiger partial charge in [-0.25, -0.2) is 0 Å². The van der Waals surface area contributed by atoms with Gasteiger partial charge >= 0.3 is 0 Å². The Morgan fingerprint density at radius 3 is 1.25 bits per heavy atom. The van der Waals surface area contributed by atoms with Crippen molar-refractivity contribution in [2.75, 3.05) is 0 Å². The number of benzene rings is 4. The SMILES string of the molecule is C=CCc1cc(-c2ccc(O)c(CC=C)c2)ccc1O.C=CCc1cc(-c2cccc(CC=C)c2O)ccc1O. The van der Waals surface area contributed by atoms with E-state index in [-0.39, 0.29) is 23.0 Å². The van der Waals surface area contributed by atoms with Crippen molar-refractivity contribution < 1.29 is 20.4 Å². The predicted octanol–water partition coefficient (Wildman–Crippen LogP) is 8.44. The summed E-state index contributed by atoms with van der Waals surface area (Å²) >= 11 is 0. The minimum atomic E-state index is 0.246. The molecule has 4 aromatic carbocycles. The first kappa shape index (κ1) is 29.6. The number of para-hydroxylation sites is 1. The van der Waals surface area contributed by atoms with Gasteiger partial charge in [-0.1, -0.05) is 60.7 Å². The van der Waals surface area contributed by atoms with Crippen LogP contribution < -0.4 is 0 Å². The van der Waals surface area contributed by atoms with E-state index in [9.17, 15) is 20.4 Å². The van der Waals surface area contributed by atoms with Crippen molar-refractivity contribution >= 4 is 0 Å². The fraction of sp³-hybridized carbons (Fsp3) is 0.111. The molecule has 0 amide bonds. The molecule has 0 aliphatic rings. The normalized spacial score (nSPS) is 10.2. The van der Waals surface area contributed by atoms with Crippen LogP contribution in [0.25, 0.3) is 22.3 Å². The Morgan fingerprint density at radius 1 is 0.450 bits per heavy atom. The smallest absolute Gasteiger partial charge is 0.126 e. The summed E-state index contributed by atoms with van der Waals surface area (Å²) in [6.45, 7) is 14.8. The summed E-state index contributed by atoms with van der Waals surface area (Å²) in [5.41, 5.74) is 6.97. The monoisotopic (exact) mass is 532 g/mol. The van der Waals surface area contributed by atoms with Gasteiger partial charge in [0.25, 0.3) is 0 Å². The second-order valence-electron chi connectivity index (χ2n) is 9.31. The summed E-state index contributed by atoms with van der Waals surface area (Å²) in [6, 6.07) is 22.0. The molecule has 0 aliphatic heterocycles. The summed E-state index contributed by atoms with van der Waals surface area (Å²) < 4.78 is 0. The van der Waals surface area contributed by atoms with Crippen LogP contribution in [0.15, 0.2) is 123 Å². The van der Waals surface area contributed by atoms with Crippen LogP contribution in [0.2, 0.25) is 0 Å². The topological polar surface area (TPSA) is 80.9 Å². The fourth-order valence-corrected chi connectivity index (χ4v) is 4.38. The summed E-state index contributed by atoms with van der Waals surface area (Å²) in [6.07, 6.45) is 9.49. The third kappa shape index (κ3) is 7.33. The molecule has 204 valence electrons. The zero-order chi connectivity index (χ0) is 29.1. The Kier molecular flexibility index (Phi) is 10.6. The minimum Gasteiger partial charge on any atom is -0.508 e. The van der Waals surface area contributed by atoms with Crippen LogP contribution in [0.4, 0.5) is 0 Å². The number of allylic oxidation sites excluding steroid dienone is 4. The van der Waals surface area contributed by atoms with Gasteiger partial charge in [0.05, 0.1) is 0 Å². The van der Waals surface area contributed by atoms with Crippen LogP contribution in [-0.2, 0) is 25.7 Å². The molecular weight excluding hydrogens is 496 g/mol. The molecule has 0 saturated carbocycles. The van der Waals surface area contributed by atoms with Gasteiger partial charge in [0.1, 0.15) is 23.0 Å². The number of phenolic OH excluding ortho intramolecular Hbond substituents is 4. The first-order chi connectivity index (χ1) is 19.3. The van der Waals surface area contributed by atoms with Gasteiger partial charge in [0.2, 0.25) is 0 Å². The first-order valence-corrected chi connectivity index (χ1v) is 13.0. The lowest BCUT2D eigenvalue weighted by atomic mass is 9.97. The highest BCUT2D eigenvalue weighted by Gasteiger charge is 2.10. The quantitative estimate of drug-likeness (QED) is 0.155. The number of hydrogen-bond donors (Lipinski definition) is 4. The van der Waals surface area contributed by atoms with Crippen molar-refractivity contribution in [3.63, 3.8) is 0 Å². The highest BCUT2D eigenvalue weighted by Crippen LogP contribution is 2.35. The third-order valence-electron chi connectivity index (χ3n) is 6.46. The van der Waals surface area contributed by atoms with Crippen LogP contribution in [-0.4, -0.2) is 20.4 Å². The Bertz CT molecular complexity index is 1450. The molecule has 0 radical (unpaired) electrons. The standard InChI is InChI=1S/2C18H18O2/c1-3-6-13-8-5-9-16(18(13)20)14-10-11-17(19)15(12-14)7-4-2;1-3-5-15-11-13(7-9-17(15)19)14-8-10-18(20)16(12-14)6-4-2/h3-5,8-12,19-20H,1-2,6-7H2;3-4,7-12,19-20H,1-2,5-6H2. The maximum atomic E-state index is 10.3. The van der Waals surface area contributed by atoms with Gasteiger partial charge in [-0.3, -0.25) is 0 Å². The van der Waals surface area contributed by atoms with E-state index >= 15 is 0 Å². The van der Waals surface area contributed by atoms with E-state index in [0.29, 0.717) is 25.7 Å². The second-order valence-corrected chi connectivity index (χ2v) is 9.31. The van der Waals surface area contributed by atoms with Gasteiger partial charge in [0, 0.05) is 5.56 Å². The molecule has 0 fully saturated rings. The van der Waals surface area contributed by atoms with Crippen LogP contribution in [0.1, 0.15) is 22.3 Å². The van der Waals surface area contributed by atoms with Crippen LogP contribution in [0, 0.1) is 0 Å². The number of phenols is 4. The van der Waals surface area contributed by atoms with E-state index in [1.54, 1.807) is 48.6 Å². The highest BCUT2D eigenvalue weighted by atomic mass is 16.3. The Labute approximate surface area is 236 Å². The molecule has 0 aliphatic carbocycles. The lowest BCUT2D eigenvalue weighted by Gasteiger charge is -2.11. The zero-order valence-electron chi connectivity index (χ0n) is 22.7. The zero-order valence-corrected chi connectivity index (χ0v) is 22.7. The van der Waals surface area contributed by atoms with E-state index in [2.05, 4.69) is 26.3 Å². The van der Waals surface area contributed by atoms with Crippen LogP contribution in [0.5, 0.6) is 23.0 Å². The highest BCUT2D eigenvalue weighted by molar-refractivity contribution is 5.73. The molecule has 0 heterocycles. The van der Waals surface area contributed by atoms with Gasteiger partial charge in [0.15, 0.2) is 0 Å². The number of rotatable bonds is 10. The molecule has 0 saturated heterocycles. The average molecular weight is 533 g/mol. The molecule has 0 atom stereocenters. The van der Waals surface area contributed by atoms with Crippen LogP contribution >= 0.6 is 0 Å². The number of aromatic hydroxyl groups is 4. The molecule has 4 rings (SSSR count). The second kappa shape index (κ2) is 14.3. The summed E-state index contributed by atoms with van der Waals surface area (Å²) in [4.78, 5) is 0. The van der Waals surface area contributed by atoms with E-state index in [1.807, 2.05) is 48.5 Å². The van der Waals surface area contributed by atoms with Crippen molar-refractivity contribution in [1.29, 1.82) is 0 Å². The number of hydrogen-bond acceptors (Lipinski definition) is 4.